The molecule has 2 bridgehead atoms. The number of allylic oxidation sites excluding steroid dienone is 2. The molecular formula is C21H32IN7O2S. The number of hydrogen-bond donors (Lipinski definition) is 2. The van der Waals surface area contributed by atoms with Crippen LogP contribution in [0, 0.1) is 30.6 Å². The predicted octanol–water partition coefficient (Wildman–Crippen LogP) is 1.34. The van der Waals surface area contributed by atoms with E-state index in [0.29, 0.717) is 25.6 Å². The van der Waals surface area contributed by atoms with Crippen molar-refractivity contribution in [1.82, 2.24) is 30.3 Å². The minimum Gasteiger partial charge on any atom is -0.356 e. The molecule has 0 spiro atoms. The summed E-state index contributed by atoms with van der Waals surface area (Å²) in [4.78, 5) is 31.7. The number of guanidine groups is 1. The maximum Gasteiger partial charge on any atom is 0.233 e. The molecule has 1 aliphatic heterocycles. The fourth-order valence-electron chi connectivity index (χ4n) is 4.81. The molecule has 4 unspecified atom stereocenters. The molecule has 0 radical (unpaired) electrons. The summed E-state index contributed by atoms with van der Waals surface area (Å²) in [6.07, 6.45) is 8.31. The molecule has 3 aliphatic rings. The number of likely N-dealkylation sites (tertiary alicyclic amines) is 1. The van der Waals surface area contributed by atoms with E-state index in [1.165, 1.54) is 4.90 Å². The van der Waals surface area contributed by atoms with E-state index in [-0.39, 0.29) is 59.5 Å². The fourth-order valence-corrected chi connectivity index (χ4v) is 5.24. The van der Waals surface area contributed by atoms with Gasteiger partial charge in [-0.25, -0.2) is 4.99 Å². The molecule has 2 aliphatic carbocycles. The number of carbonyl (C=O) groups is 2. The molecule has 11 heteroatoms. The van der Waals surface area contributed by atoms with Crippen LogP contribution < -0.4 is 10.6 Å². The molecule has 1 saturated heterocycles. The van der Waals surface area contributed by atoms with E-state index >= 15 is 0 Å². The molecule has 2 heterocycles. The SMILES string of the molecule is CSCCCNC(=NCc1nnc(C)n1C)NCCN1C(=O)C2C3C=CC(C3)C2C1=O.I. The summed E-state index contributed by atoms with van der Waals surface area (Å²) in [5.41, 5.74) is 0. The smallest absolute Gasteiger partial charge is 0.233 e. The van der Waals surface area contributed by atoms with Crippen LogP contribution in [0.25, 0.3) is 0 Å². The first-order chi connectivity index (χ1) is 15.0. The van der Waals surface area contributed by atoms with Gasteiger partial charge < -0.3 is 15.2 Å². The van der Waals surface area contributed by atoms with Crippen molar-refractivity contribution in [3.05, 3.63) is 23.8 Å². The van der Waals surface area contributed by atoms with Crippen molar-refractivity contribution in [1.29, 1.82) is 0 Å². The maximum atomic E-state index is 12.8. The van der Waals surface area contributed by atoms with Crippen molar-refractivity contribution in [2.45, 2.75) is 26.3 Å². The molecule has 2 N–H and O–H groups in total. The normalized spacial score (nSPS) is 26.0. The number of aromatic nitrogens is 3. The summed E-state index contributed by atoms with van der Waals surface area (Å²) in [7, 11) is 1.92. The number of thioether (sulfide) groups is 1. The molecule has 9 nitrogen and oxygen atoms in total. The zero-order chi connectivity index (χ0) is 22.0. The van der Waals surface area contributed by atoms with Crippen LogP contribution in [0.1, 0.15) is 24.5 Å². The number of hydrogen-bond acceptors (Lipinski definition) is 6. The molecule has 1 aromatic heterocycles. The molecule has 4 atom stereocenters. The fraction of sp³-hybridized carbons (Fsp3) is 0.667. The Morgan fingerprint density at radius 2 is 1.81 bits per heavy atom. The molecule has 4 rings (SSSR count). The van der Waals surface area contributed by atoms with Gasteiger partial charge in [0.1, 0.15) is 12.4 Å². The summed E-state index contributed by atoms with van der Waals surface area (Å²) in [5, 5.41) is 14.8. The predicted molar refractivity (Wildman–Crippen MR) is 136 cm³/mol. The Morgan fingerprint density at radius 3 is 2.41 bits per heavy atom. The van der Waals surface area contributed by atoms with Crippen molar-refractivity contribution in [2.24, 2.45) is 35.7 Å². The lowest BCUT2D eigenvalue weighted by Crippen LogP contribution is -2.44. The van der Waals surface area contributed by atoms with Gasteiger partial charge >= 0.3 is 0 Å². The van der Waals surface area contributed by atoms with Gasteiger partial charge in [-0.15, -0.1) is 34.2 Å². The number of rotatable bonds is 9. The molecule has 0 aromatic carbocycles. The third-order valence-corrected chi connectivity index (χ3v) is 7.27. The van der Waals surface area contributed by atoms with Gasteiger partial charge in [0.15, 0.2) is 11.8 Å². The lowest BCUT2D eigenvalue weighted by Gasteiger charge is -2.19. The average molecular weight is 574 g/mol. The second-order valence-electron chi connectivity index (χ2n) is 8.42. The van der Waals surface area contributed by atoms with Crippen molar-refractivity contribution in [3.63, 3.8) is 0 Å². The minimum atomic E-state index is -0.139. The molecule has 32 heavy (non-hydrogen) atoms. The van der Waals surface area contributed by atoms with Gasteiger partial charge in [-0.2, -0.15) is 11.8 Å². The third-order valence-electron chi connectivity index (χ3n) is 6.57. The molecule has 2 amide bonds. The van der Waals surface area contributed by atoms with Crippen LogP contribution >= 0.6 is 35.7 Å². The lowest BCUT2D eigenvalue weighted by atomic mass is 9.85. The van der Waals surface area contributed by atoms with Crippen molar-refractivity contribution in [3.8, 4) is 0 Å². The number of amides is 2. The van der Waals surface area contributed by atoms with E-state index in [0.717, 1.165) is 36.8 Å². The summed E-state index contributed by atoms with van der Waals surface area (Å²) < 4.78 is 1.91. The second kappa shape index (κ2) is 11.0. The highest BCUT2D eigenvalue weighted by molar-refractivity contribution is 14.0. The molecule has 1 aromatic rings. The Hall–Kier alpha value is -1.63. The van der Waals surface area contributed by atoms with Crippen LogP contribution in [-0.4, -0.2) is 69.1 Å². The van der Waals surface area contributed by atoms with E-state index in [1.54, 1.807) is 0 Å². The van der Waals surface area contributed by atoms with Gasteiger partial charge in [0.05, 0.1) is 11.8 Å². The summed E-state index contributed by atoms with van der Waals surface area (Å²) >= 11 is 1.81. The Balaban J connectivity index is 0.00000289. The van der Waals surface area contributed by atoms with Crippen LogP contribution in [0.4, 0.5) is 0 Å². The first kappa shape index (κ1) is 25.0. The maximum absolute atomic E-state index is 12.8. The zero-order valence-electron chi connectivity index (χ0n) is 18.8. The van der Waals surface area contributed by atoms with Gasteiger partial charge in [0.25, 0.3) is 0 Å². The number of nitrogens with one attached hydrogen (secondary N) is 2. The second-order valence-corrected chi connectivity index (χ2v) is 9.40. The monoisotopic (exact) mass is 573 g/mol. The summed E-state index contributed by atoms with van der Waals surface area (Å²) in [5.74, 6) is 3.55. The van der Waals surface area contributed by atoms with E-state index in [4.69, 9.17) is 0 Å². The minimum absolute atomic E-state index is 0. The van der Waals surface area contributed by atoms with Crippen LogP contribution in [0.5, 0.6) is 0 Å². The number of carbonyl (C=O) groups excluding carboxylic acids is 2. The van der Waals surface area contributed by atoms with Crippen molar-refractivity contribution < 1.29 is 9.59 Å². The Bertz CT molecular complexity index is 873. The Kier molecular flexibility index (Phi) is 8.59. The Labute approximate surface area is 210 Å². The highest BCUT2D eigenvalue weighted by Crippen LogP contribution is 2.52. The zero-order valence-corrected chi connectivity index (χ0v) is 21.9. The van der Waals surface area contributed by atoms with Crippen molar-refractivity contribution in [2.75, 3.05) is 31.6 Å². The summed E-state index contributed by atoms with van der Waals surface area (Å²) in [6, 6.07) is 0. The number of halogens is 1. The number of nitrogens with zero attached hydrogens (tertiary/aromatic N) is 5. The largest absolute Gasteiger partial charge is 0.356 e. The number of imide groups is 1. The van der Waals surface area contributed by atoms with Gasteiger partial charge in [0.2, 0.25) is 11.8 Å². The van der Waals surface area contributed by atoms with Crippen LogP contribution in [0.3, 0.4) is 0 Å². The van der Waals surface area contributed by atoms with Gasteiger partial charge in [-0.05, 0) is 43.6 Å². The van der Waals surface area contributed by atoms with Gasteiger partial charge in [-0.3, -0.25) is 14.5 Å². The molecular weight excluding hydrogens is 541 g/mol. The molecule has 1 saturated carbocycles. The van der Waals surface area contributed by atoms with Crippen molar-refractivity contribution >= 4 is 53.5 Å². The Morgan fingerprint density at radius 1 is 1.16 bits per heavy atom. The number of aryl methyl sites for hydroxylation is 1. The average Bonchev–Trinajstić information content (AvgIpc) is 3.51. The first-order valence-corrected chi connectivity index (χ1v) is 12.3. The quantitative estimate of drug-likeness (QED) is 0.115. The third kappa shape index (κ3) is 4.97. The van der Waals surface area contributed by atoms with Crippen LogP contribution in [0.15, 0.2) is 17.1 Å². The van der Waals surface area contributed by atoms with E-state index < -0.39 is 0 Å². The molecule has 2 fully saturated rings. The summed E-state index contributed by atoms with van der Waals surface area (Å²) in [6.45, 7) is 3.92. The number of fused-ring (bicyclic) bond motifs is 5. The number of aliphatic imine (C=N–C) groups is 1. The topological polar surface area (TPSA) is 105 Å². The van der Waals surface area contributed by atoms with Gasteiger partial charge in [0, 0.05) is 26.7 Å². The lowest BCUT2D eigenvalue weighted by molar-refractivity contribution is -0.140. The van der Waals surface area contributed by atoms with E-state index in [9.17, 15) is 9.59 Å². The van der Waals surface area contributed by atoms with Crippen LogP contribution in [0.2, 0.25) is 0 Å². The van der Waals surface area contributed by atoms with E-state index in [2.05, 4.69) is 44.2 Å². The van der Waals surface area contributed by atoms with Gasteiger partial charge in [-0.1, -0.05) is 12.2 Å². The van der Waals surface area contributed by atoms with Crippen LogP contribution in [-0.2, 0) is 23.2 Å². The highest BCUT2D eigenvalue weighted by Gasteiger charge is 2.58. The highest BCUT2D eigenvalue weighted by atomic mass is 127. The molecule has 176 valence electrons. The first-order valence-electron chi connectivity index (χ1n) is 10.9. The van der Waals surface area contributed by atoms with E-state index in [1.807, 2.05) is 30.3 Å². The standard InChI is InChI=1S/C21H31N7O2S.HI/c1-13-25-26-16(27(13)2)12-24-21(22-7-4-10-31-3)23-8-9-28-19(29)17-14-5-6-15(11-14)18(17)20(28)30;/h5-6,14-15,17-18H,4,7-12H2,1-3H3,(H2,22,23,24);1H.